The standard InChI is InChI=1S/C26H32FNO3/c1-4-5-6-7-8-12-25(29)28(2)19-20-10-9-11-22(17-20)23-14-13-21(24(27)18-23)15-16-26(30)31-3/h9-11,13-18H,4-8,12,19H2,1-3H3. The van der Waals surface area contributed by atoms with Crippen molar-refractivity contribution < 1.29 is 18.7 Å². The number of carbonyl (C=O) groups excluding carboxylic acids is 2. The fourth-order valence-electron chi connectivity index (χ4n) is 3.35. The average molecular weight is 426 g/mol. The lowest BCUT2D eigenvalue weighted by Crippen LogP contribution is -2.25. The number of ether oxygens (including phenoxy) is 1. The van der Waals surface area contributed by atoms with Gasteiger partial charge in [0.15, 0.2) is 0 Å². The highest BCUT2D eigenvalue weighted by Crippen LogP contribution is 2.24. The number of esters is 1. The molecule has 0 unspecified atom stereocenters. The second-order valence-corrected chi connectivity index (χ2v) is 7.71. The number of nitrogens with zero attached hydrogens (tertiary/aromatic N) is 1. The highest BCUT2D eigenvalue weighted by atomic mass is 19.1. The smallest absolute Gasteiger partial charge is 0.330 e. The summed E-state index contributed by atoms with van der Waals surface area (Å²) in [6.07, 6.45) is 8.79. The van der Waals surface area contributed by atoms with E-state index in [-0.39, 0.29) is 5.91 Å². The molecule has 0 N–H and O–H groups in total. The first-order chi connectivity index (χ1) is 14.9. The van der Waals surface area contributed by atoms with Gasteiger partial charge in [0, 0.05) is 31.7 Å². The molecule has 5 heteroatoms. The monoisotopic (exact) mass is 425 g/mol. The van der Waals surface area contributed by atoms with Crippen LogP contribution >= 0.6 is 0 Å². The lowest BCUT2D eigenvalue weighted by Gasteiger charge is -2.18. The molecule has 0 atom stereocenters. The number of carbonyl (C=O) groups is 2. The van der Waals surface area contributed by atoms with Crippen LogP contribution in [-0.4, -0.2) is 30.9 Å². The van der Waals surface area contributed by atoms with Crippen molar-refractivity contribution in [3.05, 3.63) is 65.5 Å². The summed E-state index contributed by atoms with van der Waals surface area (Å²) in [5.41, 5.74) is 2.92. The maximum Gasteiger partial charge on any atom is 0.330 e. The molecule has 0 fully saturated rings. The first kappa shape index (κ1) is 24.3. The minimum absolute atomic E-state index is 0.148. The van der Waals surface area contributed by atoms with Crippen molar-refractivity contribution in [3.8, 4) is 11.1 Å². The predicted molar refractivity (Wildman–Crippen MR) is 123 cm³/mol. The second-order valence-electron chi connectivity index (χ2n) is 7.71. The van der Waals surface area contributed by atoms with Gasteiger partial charge >= 0.3 is 5.97 Å². The number of benzene rings is 2. The van der Waals surface area contributed by atoms with Crippen molar-refractivity contribution in [2.24, 2.45) is 0 Å². The molecule has 2 aromatic rings. The third kappa shape index (κ3) is 8.00. The maximum atomic E-state index is 14.4. The average Bonchev–Trinajstić information content (AvgIpc) is 2.77. The van der Waals surface area contributed by atoms with Gasteiger partial charge in [0.25, 0.3) is 0 Å². The van der Waals surface area contributed by atoms with E-state index in [1.807, 2.05) is 37.4 Å². The van der Waals surface area contributed by atoms with Crippen LogP contribution in [0.4, 0.5) is 4.39 Å². The number of methoxy groups -OCH3 is 1. The molecular weight excluding hydrogens is 393 g/mol. The molecule has 0 spiro atoms. The van der Waals surface area contributed by atoms with Gasteiger partial charge in [-0.3, -0.25) is 4.79 Å². The molecule has 166 valence electrons. The number of hydrogen-bond acceptors (Lipinski definition) is 3. The summed E-state index contributed by atoms with van der Waals surface area (Å²) in [7, 11) is 3.10. The Morgan fingerprint density at radius 1 is 1.03 bits per heavy atom. The van der Waals surface area contributed by atoms with Gasteiger partial charge in [-0.1, -0.05) is 62.9 Å². The summed E-state index contributed by atoms with van der Waals surface area (Å²) in [5, 5.41) is 0. The van der Waals surface area contributed by atoms with E-state index < -0.39 is 11.8 Å². The Hall–Kier alpha value is -2.95. The molecule has 0 aromatic heterocycles. The summed E-state index contributed by atoms with van der Waals surface area (Å²) in [4.78, 5) is 25.3. The van der Waals surface area contributed by atoms with E-state index in [1.54, 1.807) is 11.0 Å². The van der Waals surface area contributed by atoms with Gasteiger partial charge in [-0.05, 0) is 41.3 Å². The molecule has 0 radical (unpaired) electrons. The van der Waals surface area contributed by atoms with Crippen molar-refractivity contribution in [2.75, 3.05) is 14.2 Å². The van der Waals surface area contributed by atoms with Crippen LogP contribution in [0.15, 0.2) is 48.5 Å². The number of halogens is 1. The van der Waals surface area contributed by atoms with E-state index >= 15 is 0 Å². The molecule has 31 heavy (non-hydrogen) atoms. The third-order valence-electron chi connectivity index (χ3n) is 5.20. The third-order valence-corrected chi connectivity index (χ3v) is 5.20. The number of rotatable bonds is 11. The van der Waals surface area contributed by atoms with E-state index in [1.165, 1.54) is 44.6 Å². The Morgan fingerprint density at radius 2 is 1.77 bits per heavy atom. The van der Waals surface area contributed by atoms with E-state index in [0.29, 0.717) is 18.5 Å². The molecule has 0 bridgehead atoms. The molecule has 0 saturated heterocycles. The van der Waals surface area contributed by atoms with Crippen LogP contribution in [0.1, 0.15) is 56.6 Å². The van der Waals surface area contributed by atoms with Crippen LogP contribution in [0.2, 0.25) is 0 Å². The van der Waals surface area contributed by atoms with Crippen LogP contribution in [0.3, 0.4) is 0 Å². The lowest BCUT2D eigenvalue weighted by molar-refractivity contribution is -0.134. The van der Waals surface area contributed by atoms with Crippen molar-refractivity contribution in [1.82, 2.24) is 4.90 Å². The van der Waals surface area contributed by atoms with E-state index in [0.717, 1.165) is 29.5 Å². The van der Waals surface area contributed by atoms with Crippen LogP contribution < -0.4 is 0 Å². The SMILES string of the molecule is CCCCCCCC(=O)N(C)Cc1cccc(-c2ccc(C=CC(=O)OC)c(F)c2)c1. The zero-order valence-electron chi connectivity index (χ0n) is 18.7. The van der Waals surface area contributed by atoms with Crippen LogP contribution in [-0.2, 0) is 20.9 Å². The highest BCUT2D eigenvalue weighted by molar-refractivity contribution is 5.87. The van der Waals surface area contributed by atoms with Crippen molar-refractivity contribution >= 4 is 18.0 Å². The Labute approximate surface area is 184 Å². The van der Waals surface area contributed by atoms with Crippen LogP contribution in [0, 0.1) is 5.82 Å². The fraction of sp³-hybridized carbons (Fsp3) is 0.385. The zero-order valence-corrected chi connectivity index (χ0v) is 18.7. The number of hydrogen-bond donors (Lipinski definition) is 0. The first-order valence-corrected chi connectivity index (χ1v) is 10.8. The normalized spacial score (nSPS) is 11.0. The van der Waals surface area contributed by atoms with Crippen LogP contribution in [0.5, 0.6) is 0 Å². The fourth-order valence-corrected chi connectivity index (χ4v) is 3.35. The molecule has 2 aromatic carbocycles. The van der Waals surface area contributed by atoms with Gasteiger partial charge in [0.1, 0.15) is 5.82 Å². The summed E-state index contributed by atoms with van der Waals surface area (Å²) in [5.74, 6) is -0.802. The highest BCUT2D eigenvalue weighted by Gasteiger charge is 2.10. The molecule has 1 amide bonds. The summed E-state index contributed by atoms with van der Waals surface area (Å²) in [6.45, 7) is 2.70. The van der Waals surface area contributed by atoms with E-state index in [2.05, 4.69) is 11.7 Å². The Morgan fingerprint density at radius 3 is 2.48 bits per heavy atom. The molecular formula is C26H32FNO3. The van der Waals surface area contributed by atoms with Gasteiger partial charge in [-0.25, -0.2) is 9.18 Å². The minimum Gasteiger partial charge on any atom is -0.466 e. The van der Waals surface area contributed by atoms with Crippen molar-refractivity contribution in [2.45, 2.75) is 52.0 Å². The van der Waals surface area contributed by atoms with E-state index in [9.17, 15) is 14.0 Å². The lowest BCUT2D eigenvalue weighted by atomic mass is 10.0. The Kier molecular flexibility index (Phi) is 9.95. The second kappa shape index (κ2) is 12.7. The Bertz CT molecular complexity index is 907. The predicted octanol–water partition coefficient (Wildman–Crippen LogP) is 6.00. The molecule has 0 aliphatic carbocycles. The quantitative estimate of drug-likeness (QED) is 0.252. The number of unbranched alkanes of at least 4 members (excludes halogenated alkanes) is 4. The molecule has 0 saturated carbocycles. The summed E-state index contributed by atoms with van der Waals surface area (Å²) in [6, 6.07) is 12.7. The Balaban J connectivity index is 2.01. The van der Waals surface area contributed by atoms with Gasteiger partial charge in [0.2, 0.25) is 5.91 Å². The topological polar surface area (TPSA) is 46.6 Å². The molecule has 0 aliphatic rings. The van der Waals surface area contributed by atoms with Gasteiger partial charge in [0.05, 0.1) is 7.11 Å². The maximum absolute atomic E-state index is 14.4. The first-order valence-electron chi connectivity index (χ1n) is 10.8. The van der Waals surface area contributed by atoms with Crippen LogP contribution in [0.25, 0.3) is 17.2 Å². The van der Waals surface area contributed by atoms with Crippen molar-refractivity contribution in [1.29, 1.82) is 0 Å². The molecule has 0 heterocycles. The molecule has 4 nitrogen and oxygen atoms in total. The van der Waals surface area contributed by atoms with E-state index in [4.69, 9.17) is 0 Å². The minimum atomic E-state index is -0.532. The zero-order chi connectivity index (χ0) is 22.6. The molecule has 2 rings (SSSR count). The summed E-state index contributed by atoms with van der Waals surface area (Å²) < 4.78 is 19.0. The van der Waals surface area contributed by atoms with Crippen molar-refractivity contribution in [3.63, 3.8) is 0 Å². The summed E-state index contributed by atoms with van der Waals surface area (Å²) >= 11 is 0. The van der Waals surface area contributed by atoms with Gasteiger partial charge in [-0.15, -0.1) is 0 Å². The van der Waals surface area contributed by atoms with Gasteiger partial charge < -0.3 is 9.64 Å². The number of amides is 1. The molecule has 0 aliphatic heterocycles. The largest absolute Gasteiger partial charge is 0.466 e. The van der Waals surface area contributed by atoms with Gasteiger partial charge in [-0.2, -0.15) is 0 Å².